The van der Waals surface area contributed by atoms with E-state index in [1.807, 2.05) is 12.1 Å². The van der Waals surface area contributed by atoms with Gasteiger partial charge in [0.05, 0.1) is 18.1 Å². The third-order valence-corrected chi connectivity index (χ3v) is 8.83. The predicted molar refractivity (Wildman–Crippen MR) is 151 cm³/mol. The zero-order valence-electron chi connectivity index (χ0n) is 23.1. The Morgan fingerprint density at radius 2 is 1.67 bits per heavy atom. The van der Waals surface area contributed by atoms with Crippen LogP contribution in [0.1, 0.15) is 56.0 Å². The van der Waals surface area contributed by atoms with Crippen LogP contribution in [0.2, 0.25) is 0 Å². The van der Waals surface area contributed by atoms with Gasteiger partial charge in [-0.05, 0) is 60.7 Å². The van der Waals surface area contributed by atoms with Crippen molar-refractivity contribution >= 4 is 27.6 Å². The number of carboxylic acids is 1. The average molecular weight is 560 g/mol. The van der Waals surface area contributed by atoms with E-state index in [0.29, 0.717) is 44.1 Å². The van der Waals surface area contributed by atoms with Gasteiger partial charge in [0.25, 0.3) is 5.91 Å². The van der Waals surface area contributed by atoms with Crippen LogP contribution in [0.4, 0.5) is 5.69 Å². The van der Waals surface area contributed by atoms with Crippen LogP contribution in [0.3, 0.4) is 0 Å². The number of amides is 1. The quantitative estimate of drug-likeness (QED) is 0.335. The highest BCUT2D eigenvalue weighted by Crippen LogP contribution is 2.24. The summed E-state index contributed by atoms with van der Waals surface area (Å²) in [6.45, 7) is 8.49. The van der Waals surface area contributed by atoms with Crippen molar-refractivity contribution in [2.24, 2.45) is 5.92 Å². The number of hydrogen-bond acceptors (Lipinski definition) is 6. The van der Waals surface area contributed by atoms with Crippen LogP contribution in [0.25, 0.3) is 0 Å². The Morgan fingerprint density at radius 3 is 2.23 bits per heavy atom. The van der Waals surface area contributed by atoms with Crippen molar-refractivity contribution < 1.29 is 27.9 Å². The highest BCUT2D eigenvalue weighted by Gasteiger charge is 2.38. The molecule has 39 heavy (non-hydrogen) atoms. The monoisotopic (exact) mass is 559 g/mol. The molecule has 0 saturated carbocycles. The number of nitrogens with zero attached hydrogens (tertiary/aromatic N) is 2. The van der Waals surface area contributed by atoms with Crippen LogP contribution < -0.4 is 5.32 Å². The first-order chi connectivity index (χ1) is 18.6. The zero-order chi connectivity index (χ0) is 28.4. The average Bonchev–Trinajstić information content (AvgIpc) is 2.91. The number of morpholine rings is 1. The summed E-state index contributed by atoms with van der Waals surface area (Å²) in [5.74, 6) is -1.90. The molecule has 1 fully saturated rings. The summed E-state index contributed by atoms with van der Waals surface area (Å²) in [5, 5.41) is 12.7. The lowest BCUT2D eigenvalue weighted by atomic mass is 10.0. The topological polar surface area (TPSA) is 116 Å². The van der Waals surface area contributed by atoms with E-state index in [4.69, 9.17) is 4.74 Å². The Labute approximate surface area is 232 Å². The largest absolute Gasteiger partial charge is 0.480 e. The molecule has 2 N–H and O–H groups in total. The van der Waals surface area contributed by atoms with Crippen LogP contribution in [0.5, 0.6) is 0 Å². The van der Waals surface area contributed by atoms with Crippen molar-refractivity contribution in [2.45, 2.75) is 57.4 Å². The normalized spacial score (nSPS) is 15.4. The number of sulfonamides is 1. The molecule has 1 aliphatic rings. The standard InChI is InChI=1S/C29H41N3O6S/c1-4-5-6-7-23-8-10-24(11-9-23)28(33)30-25-12-14-26(15-13-25)39(36,37)32(27(22(2)3)29(34)35)17-16-31-18-20-38-21-19-31/h8-15,22,27H,4-7,16-21H2,1-3H3,(H,30,33)(H,34,35)/t27-/m0/s1. The van der Waals surface area contributed by atoms with Crippen LogP contribution in [0.15, 0.2) is 53.4 Å². The summed E-state index contributed by atoms with van der Waals surface area (Å²) in [7, 11) is -4.12. The number of rotatable bonds is 14. The smallest absolute Gasteiger partial charge is 0.322 e. The van der Waals surface area contributed by atoms with Crippen molar-refractivity contribution in [2.75, 3.05) is 44.7 Å². The van der Waals surface area contributed by atoms with Crippen molar-refractivity contribution in [3.05, 3.63) is 59.7 Å². The molecule has 0 spiro atoms. The molecule has 1 heterocycles. The second-order valence-corrected chi connectivity index (χ2v) is 12.1. The molecule has 1 aliphatic heterocycles. The summed E-state index contributed by atoms with van der Waals surface area (Å²) in [6.07, 6.45) is 4.43. The second-order valence-electron chi connectivity index (χ2n) is 10.2. The number of nitrogens with one attached hydrogen (secondary N) is 1. The Balaban J connectivity index is 1.73. The number of anilines is 1. The molecule has 10 heteroatoms. The molecule has 2 aromatic carbocycles. The maximum atomic E-state index is 13.7. The zero-order valence-corrected chi connectivity index (χ0v) is 24.0. The summed E-state index contributed by atoms with van der Waals surface area (Å²) in [6, 6.07) is 12.1. The Kier molecular flexibility index (Phi) is 11.5. The number of hydrogen-bond donors (Lipinski definition) is 2. The lowest BCUT2D eigenvalue weighted by Crippen LogP contribution is -2.51. The van der Waals surface area contributed by atoms with Gasteiger partial charge in [0.1, 0.15) is 6.04 Å². The van der Waals surface area contributed by atoms with Gasteiger partial charge in [0.2, 0.25) is 10.0 Å². The van der Waals surface area contributed by atoms with E-state index < -0.39 is 28.0 Å². The molecule has 0 unspecified atom stereocenters. The number of benzene rings is 2. The van der Waals surface area contributed by atoms with E-state index in [2.05, 4.69) is 17.1 Å². The van der Waals surface area contributed by atoms with Gasteiger partial charge in [-0.25, -0.2) is 8.42 Å². The fourth-order valence-electron chi connectivity index (χ4n) is 4.67. The summed E-state index contributed by atoms with van der Waals surface area (Å²) in [4.78, 5) is 26.9. The number of carboxylic acid groups (broad SMARTS) is 1. The fraction of sp³-hybridized carbons (Fsp3) is 0.517. The van der Waals surface area contributed by atoms with E-state index in [9.17, 15) is 23.1 Å². The van der Waals surface area contributed by atoms with Gasteiger partial charge in [-0.3, -0.25) is 14.5 Å². The number of ether oxygens (including phenoxy) is 1. The lowest BCUT2D eigenvalue weighted by Gasteiger charge is -2.33. The van der Waals surface area contributed by atoms with Crippen molar-refractivity contribution in [3.8, 4) is 0 Å². The second kappa shape index (κ2) is 14.6. The van der Waals surface area contributed by atoms with E-state index in [1.54, 1.807) is 26.0 Å². The highest BCUT2D eigenvalue weighted by molar-refractivity contribution is 7.89. The molecule has 0 bridgehead atoms. The van der Waals surface area contributed by atoms with Crippen LogP contribution >= 0.6 is 0 Å². The summed E-state index contributed by atoms with van der Waals surface area (Å²) in [5.41, 5.74) is 2.15. The molecule has 214 valence electrons. The minimum atomic E-state index is -4.12. The molecular formula is C29H41N3O6S. The van der Waals surface area contributed by atoms with Crippen molar-refractivity contribution in [1.29, 1.82) is 0 Å². The lowest BCUT2D eigenvalue weighted by molar-refractivity contribution is -0.143. The molecule has 3 rings (SSSR count). The minimum Gasteiger partial charge on any atom is -0.480 e. The van der Waals surface area contributed by atoms with Crippen molar-refractivity contribution in [1.82, 2.24) is 9.21 Å². The number of unbranched alkanes of at least 4 members (excludes halogenated alkanes) is 2. The number of aryl methyl sites for hydroxylation is 1. The first kappa shape index (κ1) is 30.7. The molecule has 0 radical (unpaired) electrons. The first-order valence-corrected chi connectivity index (χ1v) is 15.1. The Morgan fingerprint density at radius 1 is 1.03 bits per heavy atom. The fourth-order valence-corrected chi connectivity index (χ4v) is 6.37. The molecule has 2 aromatic rings. The predicted octanol–water partition coefficient (Wildman–Crippen LogP) is 4.10. The van der Waals surface area contributed by atoms with Gasteiger partial charge in [-0.2, -0.15) is 4.31 Å². The molecule has 0 aliphatic carbocycles. The number of carbonyl (C=O) groups excluding carboxylic acids is 1. The molecule has 9 nitrogen and oxygen atoms in total. The van der Waals surface area contributed by atoms with Crippen LogP contribution in [-0.2, 0) is 26.0 Å². The van der Waals surface area contributed by atoms with Gasteiger partial charge in [0.15, 0.2) is 0 Å². The van der Waals surface area contributed by atoms with Crippen molar-refractivity contribution in [3.63, 3.8) is 0 Å². The first-order valence-electron chi connectivity index (χ1n) is 13.7. The van der Waals surface area contributed by atoms with Crippen LogP contribution in [-0.4, -0.2) is 80.0 Å². The minimum absolute atomic E-state index is 0.0224. The van der Waals surface area contributed by atoms with E-state index in [1.165, 1.54) is 36.2 Å². The maximum absolute atomic E-state index is 13.7. The molecular weight excluding hydrogens is 518 g/mol. The van der Waals surface area contributed by atoms with Gasteiger partial charge < -0.3 is 15.2 Å². The Hall–Kier alpha value is -2.79. The van der Waals surface area contributed by atoms with Gasteiger partial charge in [0, 0.05) is 37.4 Å². The maximum Gasteiger partial charge on any atom is 0.322 e. The van der Waals surface area contributed by atoms with Gasteiger partial charge in [-0.15, -0.1) is 0 Å². The molecule has 1 atom stereocenters. The summed E-state index contributed by atoms with van der Waals surface area (Å²) < 4.78 is 33.8. The van der Waals surface area contributed by atoms with Gasteiger partial charge in [-0.1, -0.05) is 45.7 Å². The third-order valence-electron chi connectivity index (χ3n) is 6.94. The van der Waals surface area contributed by atoms with E-state index in [-0.39, 0.29) is 17.3 Å². The Bertz CT molecular complexity index is 1180. The summed E-state index contributed by atoms with van der Waals surface area (Å²) >= 11 is 0. The van der Waals surface area contributed by atoms with E-state index in [0.717, 1.165) is 23.6 Å². The van der Waals surface area contributed by atoms with Gasteiger partial charge >= 0.3 is 5.97 Å². The molecule has 1 amide bonds. The molecule has 0 aromatic heterocycles. The molecule has 1 saturated heterocycles. The third kappa shape index (κ3) is 8.60. The van der Waals surface area contributed by atoms with E-state index >= 15 is 0 Å². The van der Waals surface area contributed by atoms with Crippen LogP contribution in [0, 0.1) is 5.92 Å². The SMILES string of the molecule is CCCCCc1ccc(C(=O)Nc2ccc(S(=O)(=O)N(CCN3CCOCC3)[C@H](C(=O)O)C(C)C)cc2)cc1. The number of aliphatic carboxylic acids is 1. The highest BCUT2D eigenvalue weighted by atomic mass is 32.2. The number of carbonyl (C=O) groups is 2.